The molecule has 1 aromatic carbocycles. The Labute approximate surface area is 120 Å². The second-order valence-electron chi connectivity index (χ2n) is 6.90. The SMILES string of the molecule is Cc1ccc(C2(C)[C]=c3cccc(C(C)(C)C)c3=C2)o1. The monoisotopic (exact) mass is 265 g/mol. The highest BCUT2D eigenvalue weighted by atomic mass is 16.3. The van der Waals surface area contributed by atoms with Crippen LogP contribution in [0.1, 0.15) is 44.8 Å². The van der Waals surface area contributed by atoms with Gasteiger partial charge in [-0.15, -0.1) is 0 Å². The summed E-state index contributed by atoms with van der Waals surface area (Å²) in [4.78, 5) is 0. The van der Waals surface area contributed by atoms with E-state index in [1.54, 1.807) is 0 Å². The molecule has 1 heteroatoms. The van der Waals surface area contributed by atoms with Crippen LogP contribution in [0.5, 0.6) is 0 Å². The summed E-state index contributed by atoms with van der Waals surface area (Å²) < 4.78 is 5.83. The molecule has 0 N–H and O–H groups in total. The summed E-state index contributed by atoms with van der Waals surface area (Å²) in [6.07, 6.45) is 5.90. The van der Waals surface area contributed by atoms with Crippen molar-refractivity contribution >= 4 is 12.2 Å². The van der Waals surface area contributed by atoms with Crippen molar-refractivity contribution < 1.29 is 4.42 Å². The normalized spacial score (nSPS) is 21.2. The first-order chi connectivity index (χ1) is 9.29. The van der Waals surface area contributed by atoms with E-state index >= 15 is 0 Å². The third-order valence-corrected chi connectivity index (χ3v) is 3.99. The molecule has 1 aliphatic rings. The zero-order chi connectivity index (χ0) is 14.5. The van der Waals surface area contributed by atoms with Crippen molar-refractivity contribution in [1.82, 2.24) is 0 Å². The van der Waals surface area contributed by atoms with E-state index in [1.807, 2.05) is 13.0 Å². The van der Waals surface area contributed by atoms with Crippen LogP contribution in [0, 0.1) is 6.92 Å². The zero-order valence-corrected chi connectivity index (χ0v) is 12.9. The van der Waals surface area contributed by atoms with Crippen LogP contribution in [-0.2, 0) is 10.8 Å². The molecule has 0 bridgehead atoms. The summed E-state index contributed by atoms with van der Waals surface area (Å²) in [5, 5.41) is 2.49. The van der Waals surface area contributed by atoms with E-state index in [1.165, 1.54) is 16.0 Å². The van der Waals surface area contributed by atoms with Crippen LogP contribution < -0.4 is 10.4 Å². The molecule has 0 saturated carbocycles. The van der Waals surface area contributed by atoms with Crippen LogP contribution in [0.3, 0.4) is 0 Å². The topological polar surface area (TPSA) is 13.1 Å². The Bertz CT molecular complexity index is 771. The number of benzene rings is 1. The van der Waals surface area contributed by atoms with Gasteiger partial charge in [0.2, 0.25) is 0 Å². The average molecular weight is 265 g/mol. The van der Waals surface area contributed by atoms with Crippen LogP contribution in [-0.4, -0.2) is 0 Å². The van der Waals surface area contributed by atoms with Gasteiger partial charge < -0.3 is 4.42 Å². The lowest BCUT2D eigenvalue weighted by Crippen LogP contribution is -2.31. The second-order valence-corrected chi connectivity index (χ2v) is 6.90. The summed E-state index contributed by atoms with van der Waals surface area (Å²) in [7, 11) is 0. The Balaban J connectivity index is 2.24. The highest BCUT2D eigenvalue weighted by Gasteiger charge is 2.30. The molecule has 1 unspecified atom stereocenters. The van der Waals surface area contributed by atoms with E-state index in [-0.39, 0.29) is 10.8 Å². The smallest absolute Gasteiger partial charge is 0.118 e. The van der Waals surface area contributed by atoms with Gasteiger partial charge in [0.1, 0.15) is 11.5 Å². The van der Waals surface area contributed by atoms with Gasteiger partial charge in [-0.25, -0.2) is 0 Å². The van der Waals surface area contributed by atoms with Crippen molar-refractivity contribution in [1.29, 1.82) is 0 Å². The van der Waals surface area contributed by atoms with Crippen LogP contribution in [0.25, 0.3) is 12.2 Å². The van der Waals surface area contributed by atoms with Gasteiger partial charge in [-0.2, -0.15) is 0 Å². The third kappa shape index (κ3) is 2.02. The molecular weight excluding hydrogens is 244 g/mol. The van der Waals surface area contributed by atoms with E-state index in [0.717, 1.165) is 11.5 Å². The van der Waals surface area contributed by atoms with E-state index in [2.05, 4.69) is 64.1 Å². The quantitative estimate of drug-likeness (QED) is 0.771. The molecule has 1 nitrogen and oxygen atoms in total. The van der Waals surface area contributed by atoms with E-state index in [0.29, 0.717) is 0 Å². The Morgan fingerprint density at radius 3 is 2.45 bits per heavy atom. The van der Waals surface area contributed by atoms with Crippen molar-refractivity contribution in [2.75, 3.05) is 0 Å². The Morgan fingerprint density at radius 1 is 1.10 bits per heavy atom. The van der Waals surface area contributed by atoms with Gasteiger partial charge in [-0.05, 0) is 53.5 Å². The molecular formula is C19H21O. The third-order valence-electron chi connectivity index (χ3n) is 3.99. The lowest BCUT2D eigenvalue weighted by molar-refractivity contribution is 0.458. The van der Waals surface area contributed by atoms with E-state index < -0.39 is 0 Å². The van der Waals surface area contributed by atoms with Gasteiger partial charge in [0.05, 0.1) is 5.41 Å². The summed E-state index contributed by atoms with van der Waals surface area (Å²) in [6.45, 7) is 10.9. The number of fused-ring (bicyclic) bond motifs is 1. The number of aryl methyl sites for hydroxylation is 1. The van der Waals surface area contributed by atoms with Crippen LogP contribution in [0.4, 0.5) is 0 Å². The molecule has 20 heavy (non-hydrogen) atoms. The maximum absolute atomic E-state index is 5.83. The van der Waals surface area contributed by atoms with Crippen molar-refractivity contribution in [2.45, 2.75) is 45.4 Å². The maximum atomic E-state index is 5.83. The molecule has 1 aliphatic carbocycles. The molecule has 1 atom stereocenters. The first-order valence-electron chi connectivity index (χ1n) is 7.14. The fourth-order valence-electron chi connectivity index (χ4n) is 2.93. The molecule has 1 radical (unpaired) electrons. The number of hydrogen-bond donors (Lipinski definition) is 0. The van der Waals surface area contributed by atoms with Crippen LogP contribution in [0.15, 0.2) is 34.7 Å². The Kier molecular flexibility index (Phi) is 2.72. The molecule has 1 aromatic heterocycles. The fraction of sp³-hybridized carbons (Fsp3) is 0.368. The number of hydrogen-bond acceptors (Lipinski definition) is 1. The predicted octanol–water partition coefficient (Wildman–Crippen LogP) is 3.30. The minimum absolute atomic E-state index is 0.133. The highest BCUT2D eigenvalue weighted by Crippen LogP contribution is 2.31. The van der Waals surface area contributed by atoms with Gasteiger partial charge in [-0.1, -0.05) is 45.0 Å². The summed E-state index contributed by atoms with van der Waals surface area (Å²) >= 11 is 0. The first kappa shape index (κ1) is 13.2. The number of rotatable bonds is 1. The lowest BCUT2D eigenvalue weighted by atomic mass is 9.84. The van der Waals surface area contributed by atoms with Crippen molar-refractivity contribution in [3.05, 3.63) is 57.9 Å². The van der Waals surface area contributed by atoms with Gasteiger partial charge in [-0.3, -0.25) is 0 Å². The van der Waals surface area contributed by atoms with Crippen molar-refractivity contribution in [3.8, 4) is 0 Å². The van der Waals surface area contributed by atoms with Crippen molar-refractivity contribution in [3.63, 3.8) is 0 Å². The average Bonchev–Trinajstić information content (AvgIpc) is 2.90. The predicted molar refractivity (Wildman–Crippen MR) is 83.1 cm³/mol. The number of furan rings is 1. The molecule has 0 aliphatic heterocycles. The van der Waals surface area contributed by atoms with Gasteiger partial charge >= 0.3 is 0 Å². The van der Waals surface area contributed by atoms with Crippen LogP contribution in [0.2, 0.25) is 0 Å². The minimum Gasteiger partial charge on any atom is -0.465 e. The zero-order valence-electron chi connectivity index (χ0n) is 12.9. The largest absolute Gasteiger partial charge is 0.465 e. The maximum Gasteiger partial charge on any atom is 0.118 e. The molecule has 3 rings (SSSR count). The van der Waals surface area contributed by atoms with Crippen LogP contribution >= 0.6 is 0 Å². The Morgan fingerprint density at radius 2 is 1.85 bits per heavy atom. The Hall–Kier alpha value is -1.76. The van der Waals surface area contributed by atoms with Gasteiger partial charge in [0, 0.05) is 0 Å². The van der Waals surface area contributed by atoms with Crippen molar-refractivity contribution in [2.24, 2.45) is 0 Å². The van der Waals surface area contributed by atoms with E-state index in [9.17, 15) is 0 Å². The molecule has 103 valence electrons. The molecule has 0 amide bonds. The first-order valence-corrected chi connectivity index (χ1v) is 7.14. The fourth-order valence-corrected chi connectivity index (χ4v) is 2.93. The summed E-state index contributed by atoms with van der Waals surface area (Å²) in [5.74, 6) is 1.91. The second kappa shape index (κ2) is 4.12. The summed E-state index contributed by atoms with van der Waals surface area (Å²) in [6, 6.07) is 10.6. The van der Waals surface area contributed by atoms with E-state index in [4.69, 9.17) is 4.42 Å². The molecule has 2 aromatic rings. The standard InChI is InChI=1S/C19H21O/c1-13-9-10-17(20-13)19(5)11-14-7-6-8-16(15(14)12-19)18(2,3)4/h6-10,12H,1-5H3. The highest BCUT2D eigenvalue weighted by molar-refractivity contribution is 5.65. The molecule has 0 fully saturated rings. The molecule has 0 spiro atoms. The molecule has 0 saturated heterocycles. The minimum atomic E-state index is -0.266. The van der Waals surface area contributed by atoms with Gasteiger partial charge in [0.15, 0.2) is 0 Å². The lowest BCUT2D eigenvalue weighted by Gasteiger charge is -2.20. The molecule has 1 heterocycles. The van der Waals surface area contributed by atoms with Gasteiger partial charge in [0.25, 0.3) is 0 Å². The summed E-state index contributed by atoms with van der Waals surface area (Å²) in [5.41, 5.74) is 1.24.